The molecule has 58 heavy (non-hydrogen) atoms. The summed E-state index contributed by atoms with van der Waals surface area (Å²) in [5.41, 5.74) is 4.47. The lowest BCUT2D eigenvalue weighted by Crippen LogP contribution is -2.67. The summed E-state index contributed by atoms with van der Waals surface area (Å²) >= 11 is 6.77. The fourth-order valence-corrected chi connectivity index (χ4v) is 13.4. The molecule has 8 rings (SSSR count). The summed E-state index contributed by atoms with van der Waals surface area (Å²) in [7, 11) is -2.75. The van der Waals surface area contributed by atoms with Crippen LogP contribution < -0.4 is 20.4 Å². The van der Waals surface area contributed by atoms with E-state index in [1.807, 2.05) is 36.4 Å². The largest absolute Gasteiger partial charge is 0.457 e. The Morgan fingerprint density at radius 1 is 0.845 bits per heavy atom. The normalized spacial score (nSPS) is 18.1. The number of ketones is 1. The summed E-state index contributed by atoms with van der Waals surface area (Å²) in [6, 6.07) is 47.3. The van der Waals surface area contributed by atoms with Crippen LogP contribution in [0.2, 0.25) is 10.1 Å². The molecule has 294 valence electrons. The van der Waals surface area contributed by atoms with Crippen molar-refractivity contribution in [1.29, 1.82) is 0 Å². The van der Waals surface area contributed by atoms with Crippen LogP contribution in [0.15, 0.2) is 173 Å². The number of hydrogen-bond acceptors (Lipinski definition) is 7. The van der Waals surface area contributed by atoms with Gasteiger partial charge in [-0.3, -0.25) is 19.7 Å². The molecule has 3 aliphatic rings. The van der Waals surface area contributed by atoms with E-state index in [0.717, 1.165) is 30.8 Å². The van der Waals surface area contributed by atoms with Crippen LogP contribution in [-0.4, -0.2) is 62.7 Å². The average Bonchev–Trinajstić information content (AvgIpc) is 3.88. The van der Waals surface area contributed by atoms with E-state index in [1.54, 1.807) is 24.4 Å². The SMILES string of the molecule is CC(C)(C)[Si](OC[C@@H]1C[C@@H](CNC2=C3C=CN=C3CN=C2C(=O)c2ccc(Oc3ccccc3)cc2Cl)CN1Cc1ccccc1)(c1ccccc1)c1ccccc1. The number of rotatable bonds is 14. The van der Waals surface area contributed by atoms with Crippen LogP contribution in [0, 0.1) is 5.92 Å². The Morgan fingerprint density at radius 2 is 1.48 bits per heavy atom. The monoisotopic (exact) mass is 804 g/mol. The van der Waals surface area contributed by atoms with Crippen LogP contribution in [0.25, 0.3) is 0 Å². The molecular formula is C49H49ClN4O3Si. The van der Waals surface area contributed by atoms with Crippen LogP contribution in [0.3, 0.4) is 0 Å². The fourth-order valence-electron chi connectivity index (χ4n) is 8.59. The molecule has 0 radical (unpaired) electrons. The first-order valence-corrected chi connectivity index (χ1v) is 22.3. The predicted octanol–water partition coefficient (Wildman–Crippen LogP) is 9.05. The van der Waals surface area contributed by atoms with Crippen molar-refractivity contribution in [2.75, 3.05) is 26.2 Å². The maximum Gasteiger partial charge on any atom is 0.261 e. The van der Waals surface area contributed by atoms with Gasteiger partial charge in [0.2, 0.25) is 5.78 Å². The Hall–Kier alpha value is -5.38. The van der Waals surface area contributed by atoms with Gasteiger partial charge in [-0.05, 0) is 63.7 Å². The molecule has 1 fully saturated rings. The Balaban J connectivity index is 1.04. The smallest absolute Gasteiger partial charge is 0.261 e. The van der Waals surface area contributed by atoms with Gasteiger partial charge in [-0.2, -0.15) is 0 Å². The molecule has 0 aromatic heterocycles. The molecule has 5 aromatic carbocycles. The van der Waals surface area contributed by atoms with Gasteiger partial charge in [0.25, 0.3) is 8.32 Å². The van der Waals surface area contributed by atoms with Crippen molar-refractivity contribution >= 4 is 47.5 Å². The maximum absolute atomic E-state index is 14.3. The number of hydrogen-bond donors (Lipinski definition) is 1. The number of carbonyl (C=O) groups is 1. The number of fused-ring (bicyclic) bond motifs is 1. The number of carbonyl (C=O) groups excluding carboxylic acids is 1. The van der Waals surface area contributed by atoms with Gasteiger partial charge in [0.1, 0.15) is 17.2 Å². The lowest BCUT2D eigenvalue weighted by Gasteiger charge is -2.44. The summed E-state index contributed by atoms with van der Waals surface area (Å²) in [4.78, 5) is 26.2. The number of benzene rings is 5. The molecule has 5 aromatic rings. The molecule has 9 heteroatoms. The zero-order valence-electron chi connectivity index (χ0n) is 33.3. The zero-order chi connectivity index (χ0) is 40.1. The summed E-state index contributed by atoms with van der Waals surface area (Å²) in [6.45, 7) is 10.3. The van der Waals surface area contributed by atoms with E-state index < -0.39 is 8.32 Å². The molecule has 1 saturated heterocycles. The van der Waals surface area contributed by atoms with Crippen LogP contribution in [0.5, 0.6) is 11.5 Å². The van der Waals surface area contributed by atoms with Gasteiger partial charge in [0.15, 0.2) is 0 Å². The number of dihydropyridines is 1. The predicted molar refractivity (Wildman–Crippen MR) is 239 cm³/mol. The Labute approximate surface area is 347 Å². The van der Waals surface area contributed by atoms with E-state index in [2.05, 4.69) is 127 Å². The van der Waals surface area contributed by atoms with Crippen LogP contribution in [0.4, 0.5) is 0 Å². The number of nitrogens with one attached hydrogen (secondary N) is 1. The third-order valence-electron chi connectivity index (χ3n) is 11.4. The van der Waals surface area contributed by atoms with E-state index in [0.29, 0.717) is 53.2 Å². The van der Waals surface area contributed by atoms with Crippen molar-refractivity contribution in [2.45, 2.75) is 44.8 Å². The van der Waals surface area contributed by atoms with Gasteiger partial charge in [0.05, 0.1) is 29.6 Å². The van der Waals surface area contributed by atoms with Crippen molar-refractivity contribution in [3.63, 3.8) is 0 Å². The minimum atomic E-state index is -2.75. The number of halogens is 1. The lowest BCUT2D eigenvalue weighted by atomic mass is 9.96. The molecule has 1 N–H and O–H groups in total. The molecule has 2 atom stereocenters. The van der Waals surface area contributed by atoms with Crippen LogP contribution in [-0.2, 0) is 11.0 Å². The van der Waals surface area contributed by atoms with E-state index in [4.69, 9.17) is 25.8 Å². The van der Waals surface area contributed by atoms with Crippen molar-refractivity contribution < 1.29 is 14.0 Å². The minimum Gasteiger partial charge on any atom is -0.457 e. The van der Waals surface area contributed by atoms with Gasteiger partial charge in [-0.25, -0.2) is 0 Å². The van der Waals surface area contributed by atoms with Crippen molar-refractivity contribution in [3.8, 4) is 11.5 Å². The van der Waals surface area contributed by atoms with Gasteiger partial charge in [-0.1, -0.05) is 142 Å². The average molecular weight is 805 g/mol. The highest BCUT2D eigenvalue weighted by Gasteiger charge is 2.51. The molecular weight excluding hydrogens is 756 g/mol. The lowest BCUT2D eigenvalue weighted by molar-refractivity contribution is 0.106. The molecule has 0 saturated carbocycles. The summed E-state index contributed by atoms with van der Waals surface area (Å²) in [5, 5.41) is 6.47. The third kappa shape index (κ3) is 8.29. The van der Waals surface area contributed by atoms with E-state index in [1.165, 1.54) is 15.9 Å². The Bertz CT molecular complexity index is 2320. The topological polar surface area (TPSA) is 75.5 Å². The zero-order valence-corrected chi connectivity index (χ0v) is 35.0. The third-order valence-corrected chi connectivity index (χ3v) is 16.7. The summed E-state index contributed by atoms with van der Waals surface area (Å²) < 4.78 is 13.5. The van der Waals surface area contributed by atoms with Crippen LogP contribution >= 0.6 is 11.6 Å². The Morgan fingerprint density at radius 3 is 2.12 bits per heavy atom. The number of allylic oxidation sites excluding steroid dienone is 2. The quantitative estimate of drug-likeness (QED) is 0.0896. The second-order valence-electron chi connectivity index (χ2n) is 16.3. The molecule has 3 aliphatic heterocycles. The number of likely N-dealkylation sites (tertiary alicyclic amines) is 1. The fraction of sp³-hybridized carbons (Fsp3) is 0.245. The molecule has 0 aliphatic carbocycles. The first kappa shape index (κ1) is 39.4. The highest BCUT2D eigenvalue weighted by molar-refractivity contribution is 6.99. The second kappa shape index (κ2) is 17.2. The number of Topliss-reactive ketones (excluding diaryl/α,β-unsaturated/α-hetero) is 1. The van der Waals surface area contributed by atoms with Crippen LogP contribution in [0.1, 0.15) is 43.1 Å². The number of para-hydroxylation sites is 1. The van der Waals surface area contributed by atoms with Crippen molar-refractivity contribution in [1.82, 2.24) is 10.2 Å². The first-order valence-electron chi connectivity index (χ1n) is 20.1. The molecule has 0 spiro atoms. The standard InChI is InChI=1S/C49H49ClN4O3Si/c1-49(2,3)58(40-20-12-6-13-21-40,41-22-14-7-15-23-41)56-34-37-28-36(33-54(37)32-35-16-8-4-9-17-35)30-52-46-43-26-27-51-45(43)31-53-47(46)48(55)42-25-24-39(29-44(42)50)57-38-18-10-5-11-19-38/h4-27,29,36-37,52H,28,30-34H2,1-3H3/t36-,37-/m0/s1. The van der Waals surface area contributed by atoms with Gasteiger partial charge in [-0.15, -0.1) is 0 Å². The number of aliphatic imine (C=N–C) groups is 2. The molecule has 0 bridgehead atoms. The maximum atomic E-state index is 14.3. The second-order valence-corrected chi connectivity index (χ2v) is 21.0. The van der Waals surface area contributed by atoms with Gasteiger partial charge >= 0.3 is 0 Å². The van der Waals surface area contributed by atoms with E-state index in [-0.39, 0.29) is 22.8 Å². The molecule has 0 unspecified atom stereocenters. The molecule has 0 amide bonds. The first-order chi connectivity index (χ1) is 28.2. The summed E-state index contributed by atoms with van der Waals surface area (Å²) in [6.07, 6.45) is 4.69. The molecule has 7 nitrogen and oxygen atoms in total. The van der Waals surface area contributed by atoms with E-state index in [9.17, 15) is 4.79 Å². The summed E-state index contributed by atoms with van der Waals surface area (Å²) in [5.74, 6) is 1.29. The number of nitrogens with zero attached hydrogens (tertiary/aromatic N) is 3. The van der Waals surface area contributed by atoms with Gasteiger partial charge in [0, 0.05) is 49.1 Å². The molecule has 3 heterocycles. The van der Waals surface area contributed by atoms with Crippen molar-refractivity contribution in [3.05, 3.63) is 179 Å². The highest BCUT2D eigenvalue weighted by Crippen LogP contribution is 2.38. The number of ether oxygens (including phenoxy) is 1. The van der Waals surface area contributed by atoms with E-state index >= 15 is 0 Å². The van der Waals surface area contributed by atoms with Gasteiger partial charge < -0.3 is 14.5 Å². The Kier molecular flexibility index (Phi) is 11.7. The minimum absolute atomic E-state index is 0.122. The van der Waals surface area contributed by atoms with Crippen molar-refractivity contribution in [2.24, 2.45) is 15.9 Å². The highest BCUT2D eigenvalue weighted by atomic mass is 35.5.